The summed E-state index contributed by atoms with van der Waals surface area (Å²) in [6.45, 7) is 0.0778. The Balaban J connectivity index is 2.12. The zero-order valence-electron chi connectivity index (χ0n) is 14.3. The highest BCUT2D eigenvalue weighted by Gasteiger charge is 2.12. The smallest absolute Gasteiger partial charge is 0.246 e. The molecule has 0 atom stereocenters. The Bertz CT molecular complexity index is 772. The maximum atomic E-state index is 13.8. The number of halogens is 2. The van der Waals surface area contributed by atoms with Crippen molar-refractivity contribution in [1.82, 2.24) is 4.90 Å². The van der Waals surface area contributed by atoms with Crippen molar-refractivity contribution in [2.24, 2.45) is 0 Å². The molecule has 2 aromatic carbocycles. The number of amides is 1. The Kier molecular flexibility index (Phi) is 6.42. The molecule has 132 valence electrons. The van der Waals surface area contributed by atoms with Gasteiger partial charge in [-0.3, -0.25) is 4.79 Å². The average molecular weight is 364 g/mol. The van der Waals surface area contributed by atoms with Gasteiger partial charge in [0.1, 0.15) is 17.3 Å². The summed E-state index contributed by atoms with van der Waals surface area (Å²) in [5.74, 6) is 0.528. The first-order valence-corrected chi connectivity index (χ1v) is 7.92. The summed E-state index contributed by atoms with van der Waals surface area (Å²) < 4.78 is 24.2. The van der Waals surface area contributed by atoms with Crippen LogP contribution in [0.2, 0.25) is 5.02 Å². The Morgan fingerprint density at radius 3 is 2.64 bits per heavy atom. The fourth-order valence-electron chi connectivity index (χ4n) is 2.24. The maximum absolute atomic E-state index is 13.8. The van der Waals surface area contributed by atoms with E-state index >= 15 is 0 Å². The molecule has 0 aliphatic rings. The molecule has 0 spiro atoms. The van der Waals surface area contributed by atoms with Crippen molar-refractivity contribution < 1.29 is 18.7 Å². The molecule has 2 rings (SSSR count). The van der Waals surface area contributed by atoms with Crippen LogP contribution in [-0.2, 0) is 11.3 Å². The molecule has 0 saturated carbocycles. The molecule has 0 heterocycles. The van der Waals surface area contributed by atoms with Crippen LogP contribution in [-0.4, -0.2) is 32.1 Å². The van der Waals surface area contributed by atoms with Gasteiger partial charge in [0.15, 0.2) is 0 Å². The summed E-state index contributed by atoms with van der Waals surface area (Å²) >= 11 is 6.00. The van der Waals surface area contributed by atoms with Crippen molar-refractivity contribution in [3.05, 3.63) is 64.4 Å². The molecule has 6 heteroatoms. The van der Waals surface area contributed by atoms with Crippen LogP contribution in [0, 0.1) is 5.82 Å². The Hall–Kier alpha value is -2.53. The van der Waals surface area contributed by atoms with E-state index in [9.17, 15) is 9.18 Å². The summed E-state index contributed by atoms with van der Waals surface area (Å²) in [6.07, 6.45) is 3.04. The molecule has 0 aromatic heterocycles. The maximum Gasteiger partial charge on any atom is 0.246 e. The number of carbonyl (C=O) groups is 1. The van der Waals surface area contributed by atoms with Gasteiger partial charge in [-0.05, 0) is 30.3 Å². The minimum Gasteiger partial charge on any atom is -0.497 e. The van der Waals surface area contributed by atoms with Crippen molar-refractivity contribution in [3.63, 3.8) is 0 Å². The second-order valence-corrected chi connectivity index (χ2v) is 5.74. The molecular formula is C19H19ClFNO3. The van der Waals surface area contributed by atoms with Gasteiger partial charge >= 0.3 is 0 Å². The monoisotopic (exact) mass is 363 g/mol. The van der Waals surface area contributed by atoms with Crippen LogP contribution in [0.1, 0.15) is 11.1 Å². The largest absolute Gasteiger partial charge is 0.497 e. The second-order valence-electron chi connectivity index (χ2n) is 5.34. The van der Waals surface area contributed by atoms with Gasteiger partial charge in [0.2, 0.25) is 5.91 Å². The van der Waals surface area contributed by atoms with E-state index in [-0.39, 0.29) is 18.0 Å². The summed E-state index contributed by atoms with van der Waals surface area (Å²) in [7, 11) is 4.69. The van der Waals surface area contributed by atoms with Crippen LogP contribution < -0.4 is 9.47 Å². The Morgan fingerprint density at radius 2 is 2.00 bits per heavy atom. The molecule has 0 N–H and O–H groups in total. The first-order chi connectivity index (χ1) is 12.0. The summed E-state index contributed by atoms with van der Waals surface area (Å²) in [5, 5.41) is 0.292. The highest BCUT2D eigenvalue weighted by Crippen LogP contribution is 2.26. The first-order valence-electron chi connectivity index (χ1n) is 7.54. The topological polar surface area (TPSA) is 38.8 Å². The van der Waals surface area contributed by atoms with Gasteiger partial charge in [-0.1, -0.05) is 17.7 Å². The molecule has 1 amide bonds. The van der Waals surface area contributed by atoms with Gasteiger partial charge in [0.05, 0.1) is 14.2 Å². The van der Waals surface area contributed by atoms with Gasteiger partial charge in [-0.25, -0.2) is 4.39 Å². The Labute approximate surface area is 151 Å². The van der Waals surface area contributed by atoms with Crippen LogP contribution in [0.3, 0.4) is 0 Å². The highest BCUT2D eigenvalue weighted by molar-refractivity contribution is 6.31. The average Bonchev–Trinajstić information content (AvgIpc) is 2.62. The molecule has 0 aliphatic heterocycles. The number of rotatable bonds is 6. The molecule has 4 nitrogen and oxygen atoms in total. The van der Waals surface area contributed by atoms with Gasteiger partial charge in [0.25, 0.3) is 0 Å². The zero-order valence-corrected chi connectivity index (χ0v) is 15.0. The third kappa shape index (κ3) is 4.73. The van der Waals surface area contributed by atoms with E-state index in [0.29, 0.717) is 16.5 Å². The van der Waals surface area contributed by atoms with Crippen molar-refractivity contribution in [1.29, 1.82) is 0 Å². The molecule has 0 saturated heterocycles. The van der Waals surface area contributed by atoms with E-state index in [1.165, 1.54) is 23.1 Å². The molecule has 2 aromatic rings. The number of nitrogens with zero attached hydrogens (tertiary/aromatic N) is 1. The zero-order chi connectivity index (χ0) is 18.4. The van der Waals surface area contributed by atoms with Gasteiger partial charge < -0.3 is 14.4 Å². The normalized spacial score (nSPS) is 10.8. The first kappa shape index (κ1) is 18.8. The number of hydrogen-bond donors (Lipinski definition) is 0. The third-order valence-corrected chi connectivity index (χ3v) is 4.03. The lowest BCUT2D eigenvalue weighted by Gasteiger charge is -2.16. The van der Waals surface area contributed by atoms with E-state index in [1.54, 1.807) is 51.6 Å². The number of methoxy groups -OCH3 is 2. The van der Waals surface area contributed by atoms with Gasteiger partial charge in [-0.15, -0.1) is 0 Å². The fraction of sp³-hybridized carbons (Fsp3) is 0.211. The van der Waals surface area contributed by atoms with Gasteiger partial charge in [-0.2, -0.15) is 0 Å². The molecule has 0 unspecified atom stereocenters. The lowest BCUT2D eigenvalue weighted by molar-refractivity contribution is -0.125. The van der Waals surface area contributed by atoms with Crippen molar-refractivity contribution in [3.8, 4) is 11.5 Å². The standard InChI is InChI=1S/C19H19ClFNO3/c1-22(12-15-16(20)5-4-6-17(15)21)19(23)10-8-13-7-9-14(24-2)11-18(13)25-3/h4-11H,12H2,1-3H3/b10-8+. The van der Waals surface area contributed by atoms with Crippen LogP contribution >= 0.6 is 11.6 Å². The highest BCUT2D eigenvalue weighted by atomic mass is 35.5. The fourth-order valence-corrected chi connectivity index (χ4v) is 2.47. The minimum atomic E-state index is -0.437. The molecule has 0 bridgehead atoms. The van der Waals surface area contributed by atoms with Crippen LogP contribution in [0.15, 0.2) is 42.5 Å². The van der Waals surface area contributed by atoms with E-state index in [4.69, 9.17) is 21.1 Å². The van der Waals surface area contributed by atoms with E-state index in [1.807, 2.05) is 0 Å². The SMILES string of the molecule is COc1ccc(/C=C/C(=O)N(C)Cc2c(F)cccc2Cl)c(OC)c1. The van der Waals surface area contributed by atoms with Crippen LogP contribution in [0.4, 0.5) is 4.39 Å². The number of ether oxygens (including phenoxy) is 2. The quantitative estimate of drug-likeness (QED) is 0.723. The minimum absolute atomic E-state index is 0.0778. The lowest BCUT2D eigenvalue weighted by Crippen LogP contribution is -2.24. The predicted molar refractivity (Wildman–Crippen MR) is 96.5 cm³/mol. The molecular weight excluding hydrogens is 345 g/mol. The van der Waals surface area contributed by atoms with Crippen LogP contribution in [0.5, 0.6) is 11.5 Å². The van der Waals surface area contributed by atoms with Crippen molar-refractivity contribution in [2.45, 2.75) is 6.54 Å². The molecule has 0 radical (unpaired) electrons. The number of carbonyl (C=O) groups excluding carboxylic acids is 1. The molecule has 25 heavy (non-hydrogen) atoms. The number of hydrogen-bond acceptors (Lipinski definition) is 3. The second kappa shape index (κ2) is 8.53. The van der Waals surface area contributed by atoms with Crippen molar-refractivity contribution in [2.75, 3.05) is 21.3 Å². The van der Waals surface area contributed by atoms with E-state index in [2.05, 4.69) is 0 Å². The van der Waals surface area contributed by atoms with E-state index < -0.39 is 5.82 Å². The summed E-state index contributed by atoms with van der Waals surface area (Å²) in [5.41, 5.74) is 1.02. The third-order valence-electron chi connectivity index (χ3n) is 3.68. The van der Waals surface area contributed by atoms with Gasteiger partial charge in [0, 0.05) is 41.9 Å². The van der Waals surface area contributed by atoms with Crippen LogP contribution in [0.25, 0.3) is 6.08 Å². The summed E-state index contributed by atoms with van der Waals surface area (Å²) in [4.78, 5) is 13.7. The molecule has 0 fully saturated rings. The van der Waals surface area contributed by atoms with Crippen molar-refractivity contribution >= 4 is 23.6 Å². The predicted octanol–water partition coefficient (Wildman–Crippen LogP) is 4.17. The molecule has 0 aliphatic carbocycles. The lowest BCUT2D eigenvalue weighted by atomic mass is 10.1. The Morgan fingerprint density at radius 1 is 1.24 bits per heavy atom. The van der Waals surface area contributed by atoms with E-state index in [0.717, 1.165) is 5.56 Å². The number of benzene rings is 2. The number of likely N-dealkylation sites (N-methyl/N-ethyl adjacent to an activating group) is 1. The summed E-state index contributed by atoms with van der Waals surface area (Å²) in [6, 6.07) is 9.73.